The number of piperazine rings is 1. The molecule has 1 saturated carbocycles. The maximum absolute atomic E-state index is 12.3. The molecule has 3 heterocycles. The highest BCUT2D eigenvalue weighted by atomic mass is 16.1. The van der Waals surface area contributed by atoms with E-state index in [-0.39, 0.29) is 11.6 Å². The zero-order valence-corrected chi connectivity index (χ0v) is 18.2. The summed E-state index contributed by atoms with van der Waals surface area (Å²) < 4.78 is 0. The van der Waals surface area contributed by atoms with E-state index in [1.807, 2.05) is 44.4 Å². The van der Waals surface area contributed by atoms with Crippen molar-refractivity contribution in [1.29, 1.82) is 0 Å². The van der Waals surface area contributed by atoms with Crippen molar-refractivity contribution < 1.29 is 9.59 Å². The van der Waals surface area contributed by atoms with Crippen LogP contribution in [0.1, 0.15) is 60.4 Å². The van der Waals surface area contributed by atoms with Crippen molar-refractivity contribution in [2.45, 2.75) is 58.2 Å². The number of hydrogen-bond acceptors (Lipinski definition) is 6. The Bertz CT molecular complexity index is 1060. The molecule has 160 valence electrons. The van der Waals surface area contributed by atoms with E-state index in [1.165, 1.54) is 5.56 Å². The molecular weight excluding hydrogens is 388 g/mol. The van der Waals surface area contributed by atoms with Gasteiger partial charge in [-0.1, -0.05) is 19.9 Å². The number of nitrogens with zero attached hydrogens (tertiary/aromatic N) is 4. The minimum absolute atomic E-state index is 0.0856. The summed E-state index contributed by atoms with van der Waals surface area (Å²) in [7, 11) is 0. The van der Waals surface area contributed by atoms with Gasteiger partial charge in [-0.3, -0.25) is 24.5 Å². The van der Waals surface area contributed by atoms with Gasteiger partial charge in [0.1, 0.15) is 5.69 Å². The number of pyridine rings is 2. The quantitative estimate of drug-likeness (QED) is 0.672. The summed E-state index contributed by atoms with van der Waals surface area (Å²) >= 11 is 0. The molecule has 0 radical (unpaired) electrons. The molecule has 6 heteroatoms. The highest BCUT2D eigenvalue weighted by Crippen LogP contribution is 2.40. The Morgan fingerprint density at radius 3 is 2.74 bits per heavy atom. The molecule has 2 aromatic heterocycles. The lowest BCUT2D eigenvalue weighted by atomic mass is 9.92. The summed E-state index contributed by atoms with van der Waals surface area (Å²) in [5.74, 6) is 0.313. The zero-order valence-electron chi connectivity index (χ0n) is 18.2. The van der Waals surface area contributed by atoms with Gasteiger partial charge in [-0.25, -0.2) is 0 Å². The fraction of sp³-hybridized carbons (Fsp3) is 0.440. The maximum Gasteiger partial charge on any atom is 0.180 e. The Labute approximate surface area is 183 Å². The predicted molar refractivity (Wildman–Crippen MR) is 120 cm³/mol. The molecule has 0 spiro atoms. The second-order valence-electron chi connectivity index (χ2n) is 8.72. The van der Waals surface area contributed by atoms with Crippen LogP contribution in [0, 0.1) is 0 Å². The average Bonchev–Trinajstić information content (AvgIpc) is 3.60. The van der Waals surface area contributed by atoms with Gasteiger partial charge in [0.05, 0.1) is 17.6 Å². The van der Waals surface area contributed by atoms with Crippen LogP contribution in [0.25, 0.3) is 6.08 Å². The van der Waals surface area contributed by atoms with E-state index in [9.17, 15) is 9.59 Å². The normalized spacial score (nSPS) is 22.6. The molecule has 31 heavy (non-hydrogen) atoms. The first-order chi connectivity index (χ1) is 15.1. The third-order valence-corrected chi connectivity index (χ3v) is 6.75. The number of rotatable bonds is 6. The number of anilines is 1. The summed E-state index contributed by atoms with van der Waals surface area (Å²) in [4.78, 5) is 38.1. The van der Waals surface area contributed by atoms with Crippen molar-refractivity contribution in [2.75, 3.05) is 18.0 Å². The first-order valence-corrected chi connectivity index (χ1v) is 11.3. The molecule has 2 aromatic rings. The van der Waals surface area contributed by atoms with Crippen LogP contribution < -0.4 is 4.90 Å². The van der Waals surface area contributed by atoms with Crippen molar-refractivity contribution >= 4 is 23.3 Å². The second-order valence-corrected chi connectivity index (χ2v) is 8.72. The summed E-state index contributed by atoms with van der Waals surface area (Å²) in [6.45, 7) is 6.68. The van der Waals surface area contributed by atoms with Gasteiger partial charge in [-0.2, -0.15) is 0 Å². The first kappa shape index (κ1) is 20.1. The molecule has 1 aliphatic heterocycles. The average molecular weight is 417 g/mol. The molecule has 2 aliphatic carbocycles. The topological polar surface area (TPSA) is 66.4 Å². The largest absolute Gasteiger partial charge is 0.364 e. The monoisotopic (exact) mass is 416 g/mol. The van der Waals surface area contributed by atoms with E-state index in [4.69, 9.17) is 0 Å². The molecule has 0 unspecified atom stereocenters. The lowest BCUT2D eigenvalue weighted by Gasteiger charge is -2.35. The fourth-order valence-electron chi connectivity index (χ4n) is 4.88. The molecule has 6 nitrogen and oxygen atoms in total. The lowest BCUT2D eigenvalue weighted by molar-refractivity contribution is -0.115. The SMILES string of the molecule is CCC(=O)c1ccc(N2CCN(Cc3cnc4c(c3)CC(=O)C(CC)=C4)[C@H]3C[C@H]32)cn1. The first-order valence-electron chi connectivity index (χ1n) is 11.3. The Hall–Kier alpha value is -2.86. The van der Waals surface area contributed by atoms with Gasteiger partial charge in [-0.15, -0.1) is 0 Å². The molecule has 5 rings (SSSR count). The van der Waals surface area contributed by atoms with E-state index < -0.39 is 0 Å². The number of fused-ring (bicyclic) bond motifs is 2. The molecule has 0 bridgehead atoms. The Kier molecular flexibility index (Phi) is 5.18. The van der Waals surface area contributed by atoms with Gasteiger partial charge in [-0.05, 0) is 47.8 Å². The number of carbonyl (C=O) groups excluding carboxylic acids is 2. The van der Waals surface area contributed by atoms with Gasteiger partial charge < -0.3 is 4.90 Å². The van der Waals surface area contributed by atoms with Crippen LogP contribution in [0.4, 0.5) is 5.69 Å². The number of hydrogen-bond donors (Lipinski definition) is 0. The summed E-state index contributed by atoms with van der Waals surface area (Å²) in [5, 5.41) is 0. The highest BCUT2D eigenvalue weighted by molar-refractivity contribution is 6.03. The van der Waals surface area contributed by atoms with Gasteiger partial charge in [0.2, 0.25) is 0 Å². The third kappa shape index (κ3) is 3.81. The molecular formula is C25H28N4O2. The van der Waals surface area contributed by atoms with E-state index in [1.54, 1.807) is 0 Å². The molecule has 2 atom stereocenters. The van der Waals surface area contributed by atoms with Crippen LogP contribution in [0.15, 0.2) is 36.2 Å². The maximum atomic E-state index is 12.3. The van der Waals surface area contributed by atoms with Gasteiger partial charge >= 0.3 is 0 Å². The van der Waals surface area contributed by atoms with Crippen LogP contribution in [-0.4, -0.2) is 51.6 Å². The minimum Gasteiger partial charge on any atom is -0.364 e. The van der Waals surface area contributed by atoms with Crippen LogP contribution in [0.3, 0.4) is 0 Å². The molecule has 3 aliphatic rings. The highest BCUT2D eigenvalue weighted by Gasteiger charge is 2.48. The second kappa shape index (κ2) is 8.00. The van der Waals surface area contributed by atoms with E-state index >= 15 is 0 Å². The number of allylic oxidation sites excluding steroid dienone is 1. The number of aromatic nitrogens is 2. The van der Waals surface area contributed by atoms with Gasteiger partial charge in [0.15, 0.2) is 11.6 Å². The Morgan fingerprint density at radius 2 is 2.00 bits per heavy atom. The van der Waals surface area contributed by atoms with Crippen LogP contribution in [-0.2, 0) is 17.8 Å². The standard InChI is InChI=1S/C25H28N4O2/c1-3-17-10-21-18(11-25(17)31)9-16(13-26-21)15-28-7-8-29(23-12-22(23)28)19-5-6-20(27-14-19)24(30)4-2/h5-6,9-10,13-14,22-23H,3-4,7-8,11-12,15H2,1-2H3/t22-,23+/m0/s1. The number of ketones is 2. The van der Waals surface area contributed by atoms with E-state index in [0.717, 1.165) is 55.0 Å². The zero-order chi connectivity index (χ0) is 21.5. The van der Waals surface area contributed by atoms with Crippen molar-refractivity contribution in [2.24, 2.45) is 0 Å². The van der Waals surface area contributed by atoms with Gasteiger partial charge in [0.25, 0.3) is 0 Å². The molecule has 2 fully saturated rings. The van der Waals surface area contributed by atoms with E-state index in [0.29, 0.717) is 30.6 Å². The molecule has 1 saturated heterocycles. The summed E-state index contributed by atoms with van der Waals surface area (Å²) in [6, 6.07) is 7.09. The molecule has 0 amide bonds. The Morgan fingerprint density at radius 1 is 1.13 bits per heavy atom. The smallest absolute Gasteiger partial charge is 0.180 e. The Balaban J connectivity index is 1.25. The van der Waals surface area contributed by atoms with E-state index in [2.05, 4.69) is 25.8 Å². The van der Waals surface area contributed by atoms with Crippen LogP contribution in [0.2, 0.25) is 0 Å². The van der Waals surface area contributed by atoms with Crippen molar-refractivity contribution in [1.82, 2.24) is 14.9 Å². The molecule has 0 N–H and O–H groups in total. The third-order valence-electron chi connectivity index (χ3n) is 6.75. The summed E-state index contributed by atoms with van der Waals surface area (Å²) in [5.41, 5.74) is 5.73. The minimum atomic E-state index is 0.0856. The number of Topliss-reactive ketones (excluding diaryl/α,β-unsaturated/α-hetero) is 2. The molecule has 0 aromatic carbocycles. The van der Waals surface area contributed by atoms with Crippen molar-refractivity contribution in [3.8, 4) is 0 Å². The van der Waals surface area contributed by atoms with Crippen LogP contribution in [0.5, 0.6) is 0 Å². The lowest BCUT2D eigenvalue weighted by Crippen LogP contribution is -2.46. The van der Waals surface area contributed by atoms with Gasteiger partial charge in [0, 0.05) is 50.8 Å². The number of carbonyl (C=O) groups is 2. The van der Waals surface area contributed by atoms with Crippen LogP contribution >= 0.6 is 0 Å². The predicted octanol–water partition coefficient (Wildman–Crippen LogP) is 3.45. The van der Waals surface area contributed by atoms with Crippen molar-refractivity contribution in [3.05, 3.63) is 58.7 Å². The summed E-state index contributed by atoms with van der Waals surface area (Å²) in [6.07, 6.45) is 8.63. The fourth-order valence-corrected chi connectivity index (χ4v) is 4.88. The van der Waals surface area contributed by atoms with Crippen molar-refractivity contribution in [3.63, 3.8) is 0 Å².